The molecule has 2 rings (SSSR count). The fourth-order valence-corrected chi connectivity index (χ4v) is 2.40. The third kappa shape index (κ3) is 2.56. The fourth-order valence-electron chi connectivity index (χ4n) is 2.40. The first-order valence-corrected chi connectivity index (χ1v) is 6.17. The number of hydrogen-bond acceptors (Lipinski definition) is 2. The van der Waals surface area contributed by atoms with E-state index in [1.165, 1.54) is 31.2 Å². The van der Waals surface area contributed by atoms with Crippen LogP contribution in [0.5, 0.6) is 5.75 Å². The lowest BCUT2D eigenvalue weighted by molar-refractivity contribution is 0.206. The van der Waals surface area contributed by atoms with Gasteiger partial charge in [0.05, 0.1) is 6.10 Å². The molecule has 2 heteroatoms. The Morgan fingerprint density at radius 1 is 1.31 bits per heavy atom. The molecule has 0 amide bonds. The molecule has 1 N–H and O–H groups in total. The van der Waals surface area contributed by atoms with E-state index in [2.05, 4.69) is 13.0 Å². The molecule has 0 unspecified atom stereocenters. The Kier molecular flexibility index (Phi) is 3.83. The molecule has 0 bridgehead atoms. The minimum Gasteiger partial charge on any atom is -0.490 e. The molecule has 88 valence electrons. The van der Waals surface area contributed by atoms with Crippen molar-refractivity contribution >= 4 is 0 Å². The van der Waals surface area contributed by atoms with E-state index in [-0.39, 0.29) is 6.61 Å². The summed E-state index contributed by atoms with van der Waals surface area (Å²) in [5.74, 6) is 0.973. The maximum Gasteiger partial charge on any atom is 0.123 e. The lowest BCUT2D eigenvalue weighted by Crippen LogP contribution is -2.13. The van der Waals surface area contributed by atoms with E-state index in [1.54, 1.807) is 0 Å². The SMILES string of the molecule is Cc1cccc(OC2CCCC2)c1CCO. The minimum absolute atomic E-state index is 0.186. The molecule has 1 aliphatic rings. The molecule has 0 aromatic heterocycles. The normalized spacial score (nSPS) is 16.6. The van der Waals surface area contributed by atoms with Crippen LogP contribution in [0.1, 0.15) is 36.8 Å². The van der Waals surface area contributed by atoms with E-state index in [0.29, 0.717) is 12.5 Å². The monoisotopic (exact) mass is 220 g/mol. The van der Waals surface area contributed by atoms with Gasteiger partial charge in [-0.3, -0.25) is 0 Å². The molecule has 0 spiro atoms. The van der Waals surface area contributed by atoms with Crippen LogP contribution in [0.15, 0.2) is 18.2 Å². The molecule has 0 heterocycles. The molecule has 1 aliphatic carbocycles. The van der Waals surface area contributed by atoms with Gasteiger partial charge >= 0.3 is 0 Å². The second-order valence-corrected chi connectivity index (χ2v) is 4.55. The van der Waals surface area contributed by atoms with Crippen molar-refractivity contribution in [2.24, 2.45) is 0 Å². The summed E-state index contributed by atoms with van der Waals surface area (Å²) in [6.45, 7) is 2.26. The Hall–Kier alpha value is -1.02. The molecule has 0 aliphatic heterocycles. The maximum absolute atomic E-state index is 9.07. The molecule has 0 atom stereocenters. The van der Waals surface area contributed by atoms with Crippen molar-refractivity contribution in [3.63, 3.8) is 0 Å². The van der Waals surface area contributed by atoms with Crippen LogP contribution >= 0.6 is 0 Å². The first kappa shape index (κ1) is 11.5. The molecular formula is C14H20O2. The number of aliphatic hydroxyl groups is 1. The molecule has 16 heavy (non-hydrogen) atoms. The minimum atomic E-state index is 0.186. The third-order valence-corrected chi connectivity index (χ3v) is 3.32. The van der Waals surface area contributed by atoms with Crippen LogP contribution in [0.3, 0.4) is 0 Å². The predicted molar refractivity (Wildman–Crippen MR) is 64.9 cm³/mol. The van der Waals surface area contributed by atoms with Crippen LogP contribution < -0.4 is 4.74 Å². The molecule has 0 radical (unpaired) electrons. The highest BCUT2D eigenvalue weighted by Crippen LogP contribution is 2.28. The van der Waals surface area contributed by atoms with E-state index < -0.39 is 0 Å². The summed E-state index contributed by atoms with van der Waals surface area (Å²) in [5, 5.41) is 9.07. The van der Waals surface area contributed by atoms with E-state index in [1.807, 2.05) is 12.1 Å². The van der Waals surface area contributed by atoms with Crippen molar-refractivity contribution in [1.29, 1.82) is 0 Å². The molecule has 1 aromatic carbocycles. The molecular weight excluding hydrogens is 200 g/mol. The summed E-state index contributed by atoms with van der Waals surface area (Å²) in [5.41, 5.74) is 2.38. The number of hydrogen-bond donors (Lipinski definition) is 1. The van der Waals surface area contributed by atoms with Crippen LogP contribution in [0.2, 0.25) is 0 Å². The number of aliphatic hydroxyl groups excluding tert-OH is 1. The summed E-state index contributed by atoms with van der Waals surface area (Å²) in [6, 6.07) is 6.13. The van der Waals surface area contributed by atoms with Crippen molar-refractivity contribution in [2.45, 2.75) is 45.1 Å². The predicted octanol–water partition coefficient (Wildman–Crippen LogP) is 2.85. The second kappa shape index (κ2) is 5.35. The van der Waals surface area contributed by atoms with Crippen molar-refractivity contribution in [2.75, 3.05) is 6.61 Å². The smallest absolute Gasteiger partial charge is 0.123 e. The van der Waals surface area contributed by atoms with Gasteiger partial charge in [0.25, 0.3) is 0 Å². The quantitative estimate of drug-likeness (QED) is 0.845. The van der Waals surface area contributed by atoms with Crippen LogP contribution in [0, 0.1) is 6.92 Å². The van der Waals surface area contributed by atoms with Crippen LogP contribution in [-0.2, 0) is 6.42 Å². The Balaban J connectivity index is 2.14. The van der Waals surface area contributed by atoms with Crippen molar-refractivity contribution in [1.82, 2.24) is 0 Å². The fraction of sp³-hybridized carbons (Fsp3) is 0.571. The van der Waals surface area contributed by atoms with Crippen molar-refractivity contribution in [3.05, 3.63) is 29.3 Å². The largest absolute Gasteiger partial charge is 0.490 e. The van der Waals surface area contributed by atoms with Gasteiger partial charge in [0, 0.05) is 6.61 Å². The van der Waals surface area contributed by atoms with Gasteiger partial charge in [-0.25, -0.2) is 0 Å². The summed E-state index contributed by atoms with van der Waals surface area (Å²) >= 11 is 0. The van der Waals surface area contributed by atoms with Gasteiger partial charge in [0.2, 0.25) is 0 Å². The first-order valence-electron chi connectivity index (χ1n) is 6.17. The zero-order valence-corrected chi connectivity index (χ0v) is 9.91. The van der Waals surface area contributed by atoms with Gasteiger partial charge in [0.1, 0.15) is 5.75 Å². The Morgan fingerprint density at radius 2 is 2.06 bits per heavy atom. The van der Waals surface area contributed by atoms with Gasteiger partial charge < -0.3 is 9.84 Å². The first-order chi connectivity index (χ1) is 7.81. The third-order valence-electron chi connectivity index (χ3n) is 3.32. The Bertz CT molecular complexity index is 341. The van der Waals surface area contributed by atoms with Gasteiger partial charge in [-0.15, -0.1) is 0 Å². The summed E-state index contributed by atoms with van der Waals surface area (Å²) in [4.78, 5) is 0. The van der Waals surface area contributed by atoms with Crippen LogP contribution in [0.25, 0.3) is 0 Å². The standard InChI is InChI=1S/C14H20O2/c1-11-5-4-8-14(13(11)9-10-15)16-12-6-2-3-7-12/h4-5,8,12,15H,2-3,6-7,9-10H2,1H3. The summed E-state index contributed by atoms with van der Waals surface area (Å²) in [6.07, 6.45) is 5.99. The Labute approximate surface area is 97.3 Å². The second-order valence-electron chi connectivity index (χ2n) is 4.55. The van der Waals surface area contributed by atoms with Crippen LogP contribution in [0.4, 0.5) is 0 Å². The average Bonchev–Trinajstić information content (AvgIpc) is 2.76. The molecule has 1 saturated carbocycles. The number of ether oxygens (including phenoxy) is 1. The van der Waals surface area contributed by atoms with E-state index >= 15 is 0 Å². The number of rotatable bonds is 4. The van der Waals surface area contributed by atoms with Crippen LogP contribution in [-0.4, -0.2) is 17.8 Å². The van der Waals surface area contributed by atoms with Crippen molar-refractivity contribution in [3.8, 4) is 5.75 Å². The zero-order chi connectivity index (χ0) is 11.4. The van der Waals surface area contributed by atoms with Gasteiger partial charge in [-0.05, 0) is 56.2 Å². The Morgan fingerprint density at radius 3 is 2.75 bits per heavy atom. The highest BCUT2D eigenvalue weighted by atomic mass is 16.5. The lowest BCUT2D eigenvalue weighted by Gasteiger charge is -2.17. The van der Waals surface area contributed by atoms with Gasteiger partial charge in [-0.2, -0.15) is 0 Å². The van der Waals surface area contributed by atoms with E-state index in [4.69, 9.17) is 9.84 Å². The molecule has 0 saturated heterocycles. The average molecular weight is 220 g/mol. The van der Waals surface area contributed by atoms with E-state index in [9.17, 15) is 0 Å². The zero-order valence-electron chi connectivity index (χ0n) is 9.91. The summed E-state index contributed by atoms with van der Waals surface area (Å²) < 4.78 is 6.03. The van der Waals surface area contributed by atoms with Gasteiger partial charge in [0.15, 0.2) is 0 Å². The van der Waals surface area contributed by atoms with E-state index in [0.717, 1.165) is 11.3 Å². The highest BCUT2D eigenvalue weighted by molar-refractivity contribution is 5.40. The molecule has 1 fully saturated rings. The number of aryl methyl sites for hydroxylation is 1. The number of benzene rings is 1. The molecule has 1 aromatic rings. The lowest BCUT2D eigenvalue weighted by atomic mass is 10.0. The van der Waals surface area contributed by atoms with Gasteiger partial charge in [-0.1, -0.05) is 12.1 Å². The topological polar surface area (TPSA) is 29.5 Å². The van der Waals surface area contributed by atoms with Crippen molar-refractivity contribution < 1.29 is 9.84 Å². The highest BCUT2D eigenvalue weighted by Gasteiger charge is 2.18. The summed E-state index contributed by atoms with van der Waals surface area (Å²) in [7, 11) is 0. The maximum atomic E-state index is 9.07. The molecule has 2 nitrogen and oxygen atoms in total.